The molecule has 7 heteroatoms. The number of fused-ring (bicyclic) bond motifs is 1. The van der Waals surface area contributed by atoms with Crippen molar-refractivity contribution in [1.29, 1.82) is 0 Å². The van der Waals surface area contributed by atoms with E-state index in [-0.39, 0.29) is 24.3 Å². The fourth-order valence-electron chi connectivity index (χ4n) is 3.77. The van der Waals surface area contributed by atoms with Crippen LogP contribution >= 0.6 is 0 Å². The first-order valence-electron chi connectivity index (χ1n) is 8.59. The van der Waals surface area contributed by atoms with Crippen molar-refractivity contribution in [3.05, 3.63) is 53.9 Å². The first-order chi connectivity index (χ1) is 12.6. The third-order valence-corrected chi connectivity index (χ3v) is 5.09. The number of carbonyl (C=O) groups is 1. The van der Waals surface area contributed by atoms with Gasteiger partial charge < -0.3 is 15.7 Å². The molecule has 1 amide bonds. The summed E-state index contributed by atoms with van der Waals surface area (Å²) in [6, 6.07) is 9.75. The molecule has 7 nitrogen and oxygen atoms in total. The molecule has 0 radical (unpaired) electrons. The van der Waals surface area contributed by atoms with Crippen LogP contribution in [0.15, 0.2) is 42.7 Å². The normalized spacial score (nSPS) is 20.0. The van der Waals surface area contributed by atoms with Crippen LogP contribution in [0.1, 0.15) is 17.0 Å². The van der Waals surface area contributed by atoms with Gasteiger partial charge in [-0.3, -0.25) is 9.48 Å². The van der Waals surface area contributed by atoms with E-state index in [0.29, 0.717) is 18.9 Å². The van der Waals surface area contributed by atoms with Crippen molar-refractivity contribution >= 4 is 22.6 Å². The number of aromatic nitrogens is 3. The Morgan fingerprint density at radius 3 is 2.85 bits per heavy atom. The molecule has 0 spiro atoms. The molecule has 0 bridgehead atoms. The molecule has 4 rings (SSSR count). The van der Waals surface area contributed by atoms with Crippen molar-refractivity contribution in [2.75, 3.05) is 18.0 Å². The van der Waals surface area contributed by atoms with E-state index < -0.39 is 0 Å². The number of nitrogens with two attached hydrogens (primary N) is 1. The summed E-state index contributed by atoms with van der Waals surface area (Å²) < 4.78 is 1.73. The fraction of sp³-hybridized carbons (Fsp3) is 0.316. The summed E-state index contributed by atoms with van der Waals surface area (Å²) in [5.41, 5.74) is 8.27. The minimum atomic E-state index is -0.326. The molecule has 0 saturated carbocycles. The summed E-state index contributed by atoms with van der Waals surface area (Å²) in [7, 11) is 1.85. The molecular weight excluding hydrogens is 330 g/mol. The molecule has 1 aromatic carbocycles. The largest absolute Gasteiger partial charge is 0.392 e. The highest BCUT2D eigenvalue weighted by atomic mass is 16.3. The Hall–Kier alpha value is -2.93. The standard InChI is InChI=1S/C19H21N5O2/c1-23-8-14(7-21-23)15-9-24(10-16(15)18(20)26)19-13(11-25)6-12-4-2-3-5-17(12)22-19/h2-8,15-16,25H,9-11H2,1H3,(H2,20,26)/t15-,16+/m1/s1. The number of amides is 1. The molecular formula is C19H21N5O2. The van der Waals surface area contributed by atoms with Crippen LogP contribution in [0.4, 0.5) is 5.82 Å². The van der Waals surface area contributed by atoms with E-state index in [9.17, 15) is 9.90 Å². The molecule has 1 saturated heterocycles. The van der Waals surface area contributed by atoms with Crippen molar-refractivity contribution in [3.8, 4) is 0 Å². The van der Waals surface area contributed by atoms with Gasteiger partial charge in [0.25, 0.3) is 0 Å². The van der Waals surface area contributed by atoms with Gasteiger partial charge in [0.1, 0.15) is 5.82 Å². The molecule has 3 N–H and O–H groups in total. The second kappa shape index (κ2) is 6.42. The summed E-state index contributed by atoms with van der Waals surface area (Å²) in [6.07, 6.45) is 3.70. The number of carbonyl (C=O) groups excluding carboxylic acids is 1. The average molecular weight is 351 g/mol. The zero-order chi connectivity index (χ0) is 18.3. The van der Waals surface area contributed by atoms with Gasteiger partial charge in [-0.15, -0.1) is 0 Å². The van der Waals surface area contributed by atoms with Crippen LogP contribution in [0.5, 0.6) is 0 Å². The van der Waals surface area contributed by atoms with Crippen LogP contribution < -0.4 is 10.6 Å². The highest BCUT2D eigenvalue weighted by Gasteiger charge is 2.39. The lowest BCUT2D eigenvalue weighted by Gasteiger charge is -2.21. The lowest BCUT2D eigenvalue weighted by molar-refractivity contribution is -0.121. The van der Waals surface area contributed by atoms with E-state index in [0.717, 1.165) is 22.0 Å². The zero-order valence-electron chi connectivity index (χ0n) is 14.5. The van der Waals surface area contributed by atoms with E-state index in [1.807, 2.05) is 48.5 Å². The second-order valence-electron chi connectivity index (χ2n) is 6.79. The molecule has 2 atom stereocenters. The van der Waals surface area contributed by atoms with Gasteiger partial charge >= 0.3 is 0 Å². The van der Waals surface area contributed by atoms with Crippen LogP contribution in [-0.4, -0.2) is 38.9 Å². The number of aliphatic hydroxyl groups is 1. The van der Waals surface area contributed by atoms with Crippen molar-refractivity contribution in [2.45, 2.75) is 12.5 Å². The molecule has 26 heavy (non-hydrogen) atoms. The van der Waals surface area contributed by atoms with Crippen molar-refractivity contribution in [2.24, 2.45) is 18.7 Å². The number of para-hydroxylation sites is 1. The lowest BCUT2D eigenvalue weighted by atomic mass is 9.90. The Kier molecular flexibility index (Phi) is 4.08. The molecule has 2 aromatic heterocycles. The van der Waals surface area contributed by atoms with E-state index >= 15 is 0 Å². The maximum Gasteiger partial charge on any atom is 0.223 e. The Morgan fingerprint density at radius 2 is 2.15 bits per heavy atom. The molecule has 0 unspecified atom stereocenters. The molecule has 0 aliphatic carbocycles. The quantitative estimate of drug-likeness (QED) is 0.735. The number of benzene rings is 1. The highest BCUT2D eigenvalue weighted by molar-refractivity contribution is 5.83. The van der Waals surface area contributed by atoms with Gasteiger partial charge in [0.2, 0.25) is 5.91 Å². The van der Waals surface area contributed by atoms with E-state index in [1.165, 1.54) is 0 Å². The van der Waals surface area contributed by atoms with Gasteiger partial charge in [0, 0.05) is 43.2 Å². The first-order valence-corrected chi connectivity index (χ1v) is 8.59. The average Bonchev–Trinajstić information content (AvgIpc) is 3.26. The van der Waals surface area contributed by atoms with Crippen LogP contribution in [0.2, 0.25) is 0 Å². The molecule has 1 fully saturated rings. The van der Waals surface area contributed by atoms with Crippen LogP contribution in [0.25, 0.3) is 10.9 Å². The fourth-order valence-corrected chi connectivity index (χ4v) is 3.77. The SMILES string of the molecule is Cn1cc([C@H]2CN(c3nc4ccccc4cc3CO)C[C@@H]2C(N)=O)cn1. The minimum absolute atomic E-state index is 0.0407. The maximum atomic E-state index is 12.0. The van der Waals surface area contributed by atoms with Gasteiger partial charge in [-0.25, -0.2) is 4.98 Å². The number of hydrogen-bond acceptors (Lipinski definition) is 5. The third-order valence-electron chi connectivity index (χ3n) is 5.09. The van der Waals surface area contributed by atoms with Gasteiger partial charge in [-0.2, -0.15) is 5.10 Å². The molecule has 1 aliphatic heterocycles. The summed E-state index contributed by atoms with van der Waals surface area (Å²) >= 11 is 0. The first kappa shape index (κ1) is 16.5. The Balaban J connectivity index is 1.74. The predicted molar refractivity (Wildman–Crippen MR) is 98.5 cm³/mol. The number of aryl methyl sites for hydroxylation is 1. The number of hydrogen-bond donors (Lipinski definition) is 2. The van der Waals surface area contributed by atoms with E-state index in [1.54, 1.807) is 10.9 Å². The monoisotopic (exact) mass is 351 g/mol. The Labute approximate surface area is 151 Å². The zero-order valence-corrected chi connectivity index (χ0v) is 14.5. The number of primary amides is 1. The topological polar surface area (TPSA) is 97.3 Å². The summed E-state index contributed by atoms with van der Waals surface area (Å²) in [6.45, 7) is 0.980. The molecule has 3 aromatic rings. The molecule has 134 valence electrons. The predicted octanol–water partition coefficient (Wildman–Crippen LogP) is 1.17. The minimum Gasteiger partial charge on any atom is -0.392 e. The summed E-state index contributed by atoms with van der Waals surface area (Å²) in [5.74, 6) is 0.0246. The third kappa shape index (κ3) is 2.80. The van der Waals surface area contributed by atoms with E-state index in [2.05, 4.69) is 5.10 Å². The van der Waals surface area contributed by atoms with Gasteiger partial charge in [-0.05, 0) is 17.7 Å². The Bertz CT molecular complexity index is 967. The number of rotatable bonds is 4. The van der Waals surface area contributed by atoms with Crippen LogP contribution in [0, 0.1) is 5.92 Å². The van der Waals surface area contributed by atoms with Crippen LogP contribution in [-0.2, 0) is 18.4 Å². The molecule has 1 aliphatic rings. The number of aliphatic hydroxyl groups excluding tert-OH is 1. The maximum absolute atomic E-state index is 12.0. The van der Waals surface area contributed by atoms with Crippen molar-refractivity contribution in [1.82, 2.24) is 14.8 Å². The van der Waals surface area contributed by atoms with Gasteiger partial charge in [0.05, 0.1) is 24.2 Å². The number of nitrogens with zero attached hydrogens (tertiary/aromatic N) is 4. The summed E-state index contributed by atoms with van der Waals surface area (Å²) in [5, 5.41) is 15.0. The van der Waals surface area contributed by atoms with Crippen LogP contribution in [0.3, 0.4) is 0 Å². The van der Waals surface area contributed by atoms with Crippen molar-refractivity contribution in [3.63, 3.8) is 0 Å². The second-order valence-corrected chi connectivity index (χ2v) is 6.79. The van der Waals surface area contributed by atoms with Gasteiger partial charge in [0.15, 0.2) is 0 Å². The smallest absolute Gasteiger partial charge is 0.223 e. The number of anilines is 1. The van der Waals surface area contributed by atoms with Gasteiger partial charge in [-0.1, -0.05) is 18.2 Å². The number of pyridine rings is 1. The summed E-state index contributed by atoms with van der Waals surface area (Å²) in [4.78, 5) is 18.8. The molecule has 3 heterocycles. The van der Waals surface area contributed by atoms with E-state index in [4.69, 9.17) is 10.7 Å². The van der Waals surface area contributed by atoms with Crippen molar-refractivity contribution < 1.29 is 9.90 Å². The lowest BCUT2D eigenvalue weighted by Crippen LogP contribution is -2.29. The Morgan fingerprint density at radius 1 is 1.35 bits per heavy atom. The highest BCUT2D eigenvalue weighted by Crippen LogP contribution is 2.36.